The van der Waals surface area contributed by atoms with Crippen molar-refractivity contribution in [1.29, 1.82) is 0 Å². The molecule has 3 rings (SSSR count). The fourth-order valence-corrected chi connectivity index (χ4v) is 4.57. The molecule has 2 saturated heterocycles. The molecular formula is C14H16O3Se. The van der Waals surface area contributed by atoms with Gasteiger partial charge in [-0.05, 0) is 0 Å². The van der Waals surface area contributed by atoms with Crippen LogP contribution < -0.4 is 4.46 Å². The summed E-state index contributed by atoms with van der Waals surface area (Å²) < 4.78 is 12.6. The van der Waals surface area contributed by atoms with Crippen molar-refractivity contribution in [2.75, 3.05) is 6.61 Å². The van der Waals surface area contributed by atoms with Crippen LogP contribution in [0.2, 0.25) is 5.32 Å². The molecule has 2 aliphatic heterocycles. The van der Waals surface area contributed by atoms with Crippen molar-refractivity contribution in [2.45, 2.75) is 30.4 Å². The third-order valence-corrected chi connectivity index (χ3v) is 5.77. The van der Waals surface area contributed by atoms with Crippen LogP contribution in [0, 0.1) is 5.92 Å². The van der Waals surface area contributed by atoms with E-state index in [0.717, 1.165) is 24.8 Å². The number of hydrogen-bond donors (Lipinski definition) is 0. The van der Waals surface area contributed by atoms with Gasteiger partial charge in [-0.2, -0.15) is 0 Å². The summed E-state index contributed by atoms with van der Waals surface area (Å²) in [6.07, 6.45) is 1.89. The van der Waals surface area contributed by atoms with Gasteiger partial charge in [-0.1, -0.05) is 0 Å². The van der Waals surface area contributed by atoms with Gasteiger partial charge >= 0.3 is 113 Å². The van der Waals surface area contributed by atoms with E-state index in [4.69, 9.17) is 9.47 Å². The Morgan fingerprint density at radius 3 is 2.94 bits per heavy atom. The predicted molar refractivity (Wildman–Crippen MR) is 69.0 cm³/mol. The molecule has 4 heteroatoms. The van der Waals surface area contributed by atoms with E-state index in [0.29, 0.717) is 15.0 Å². The molecule has 2 heterocycles. The Bertz CT molecular complexity index is 420. The van der Waals surface area contributed by atoms with E-state index in [1.165, 1.54) is 4.46 Å². The van der Waals surface area contributed by atoms with Crippen molar-refractivity contribution in [3.8, 4) is 0 Å². The molecule has 0 amide bonds. The molecule has 2 aliphatic rings. The summed E-state index contributed by atoms with van der Waals surface area (Å²) in [6, 6.07) is 10.4. The van der Waals surface area contributed by atoms with Crippen molar-refractivity contribution in [3.63, 3.8) is 0 Å². The van der Waals surface area contributed by atoms with Crippen molar-refractivity contribution >= 4 is 25.4 Å². The average molecular weight is 311 g/mol. The normalized spacial score (nSPS) is 30.9. The van der Waals surface area contributed by atoms with Crippen LogP contribution in [-0.4, -0.2) is 39.7 Å². The van der Waals surface area contributed by atoms with Gasteiger partial charge in [0.25, 0.3) is 0 Å². The molecule has 1 aromatic rings. The number of esters is 1. The van der Waals surface area contributed by atoms with E-state index >= 15 is 0 Å². The first-order chi connectivity index (χ1) is 8.84. The Morgan fingerprint density at radius 2 is 2.11 bits per heavy atom. The van der Waals surface area contributed by atoms with Crippen LogP contribution in [0.15, 0.2) is 30.3 Å². The number of rotatable bonds is 3. The fourth-order valence-electron chi connectivity index (χ4n) is 2.55. The van der Waals surface area contributed by atoms with Crippen LogP contribution in [0.3, 0.4) is 0 Å². The summed E-state index contributed by atoms with van der Waals surface area (Å²) in [7, 11) is 0. The van der Waals surface area contributed by atoms with Gasteiger partial charge in [-0.25, -0.2) is 0 Å². The van der Waals surface area contributed by atoms with E-state index in [1.807, 2.05) is 6.07 Å². The second-order valence-electron chi connectivity index (χ2n) is 4.68. The number of ether oxygens (including phenoxy) is 2. The second kappa shape index (κ2) is 5.43. The van der Waals surface area contributed by atoms with Gasteiger partial charge in [-0.15, -0.1) is 0 Å². The minimum absolute atomic E-state index is 0.00433. The maximum absolute atomic E-state index is 11.7. The van der Waals surface area contributed by atoms with Gasteiger partial charge in [0.15, 0.2) is 0 Å². The predicted octanol–water partition coefficient (Wildman–Crippen LogP) is 1.15. The van der Waals surface area contributed by atoms with E-state index in [-0.39, 0.29) is 24.1 Å². The van der Waals surface area contributed by atoms with Gasteiger partial charge in [0.1, 0.15) is 0 Å². The number of fused-ring (bicyclic) bond motifs is 1. The fraction of sp³-hybridized carbons (Fsp3) is 0.500. The maximum atomic E-state index is 11.7. The van der Waals surface area contributed by atoms with E-state index in [2.05, 4.69) is 24.3 Å². The molecule has 0 radical (unpaired) electrons. The molecule has 0 spiro atoms. The molecule has 0 aromatic heterocycles. The molecule has 18 heavy (non-hydrogen) atoms. The zero-order valence-corrected chi connectivity index (χ0v) is 11.8. The van der Waals surface area contributed by atoms with Crippen LogP contribution >= 0.6 is 0 Å². The van der Waals surface area contributed by atoms with Gasteiger partial charge < -0.3 is 0 Å². The number of carbonyl (C=O) groups is 1. The summed E-state index contributed by atoms with van der Waals surface area (Å²) in [5, 5.41) is 0.921. The molecule has 0 saturated carbocycles. The zero-order valence-electron chi connectivity index (χ0n) is 10.1. The quantitative estimate of drug-likeness (QED) is 0.621. The zero-order chi connectivity index (χ0) is 12.4. The topological polar surface area (TPSA) is 35.5 Å². The first-order valence-corrected chi connectivity index (χ1v) is 8.41. The van der Waals surface area contributed by atoms with Crippen LogP contribution in [-0.2, 0) is 14.3 Å². The molecular weight excluding hydrogens is 295 g/mol. The molecule has 3 nitrogen and oxygen atoms in total. The second-order valence-corrected chi connectivity index (χ2v) is 6.98. The molecule has 0 N–H and O–H groups in total. The average Bonchev–Trinajstić information content (AvgIpc) is 2.75. The van der Waals surface area contributed by atoms with Crippen molar-refractivity contribution in [1.82, 2.24) is 0 Å². The molecule has 1 unspecified atom stereocenters. The van der Waals surface area contributed by atoms with Crippen molar-refractivity contribution < 1.29 is 14.3 Å². The molecule has 0 bridgehead atoms. The minimum atomic E-state index is -0.0476. The summed E-state index contributed by atoms with van der Waals surface area (Å²) in [5.41, 5.74) is 0. The number of hydrogen-bond acceptors (Lipinski definition) is 3. The first-order valence-electron chi connectivity index (χ1n) is 6.34. The van der Waals surface area contributed by atoms with Crippen LogP contribution in [0.5, 0.6) is 0 Å². The number of benzene rings is 1. The van der Waals surface area contributed by atoms with Gasteiger partial charge in [0.2, 0.25) is 0 Å². The Labute approximate surface area is 113 Å². The molecule has 0 aliphatic carbocycles. The van der Waals surface area contributed by atoms with Gasteiger partial charge in [0.05, 0.1) is 0 Å². The van der Waals surface area contributed by atoms with Crippen LogP contribution in [0.4, 0.5) is 0 Å². The molecule has 1 aromatic carbocycles. The monoisotopic (exact) mass is 312 g/mol. The van der Waals surface area contributed by atoms with Crippen molar-refractivity contribution in [2.24, 2.45) is 5.92 Å². The van der Waals surface area contributed by atoms with Gasteiger partial charge in [-0.3, -0.25) is 0 Å². The third kappa shape index (κ3) is 2.46. The standard InChI is InChI=1S/C14H16O3Se/c15-14-11-7-4-8-16-13(11)12(17-14)9-18-10-5-2-1-3-6-10/h1-3,5-6,11-13H,4,7-9H2/t11-,12?,13+/m1/s1. The molecule has 2 fully saturated rings. The Morgan fingerprint density at radius 1 is 1.28 bits per heavy atom. The summed E-state index contributed by atoms with van der Waals surface area (Å²) in [6.45, 7) is 0.770. The molecule has 96 valence electrons. The summed E-state index contributed by atoms with van der Waals surface area (Å²) >= 11 is 0.349. The summed E-state index contributed by atoms with van der Waals surface area (Å²) in [5.74, 6) is -0.0520. The van der Waals surface area contributed by atoms with E-state index in [9.17, 15) is 4.79 Å². The van der Waals surface area contributed by atoms with E-state index in [1.54, 1.807) is 0 Å². The number of cyclic esters (lactones) is 1. The van der Waals surface area contributed by atoms with Crippen molar-refractivity contribution in [3.05, 3.63) is 30.3 Å². The first kappa shape index (κ1) is 12.2. The Balaban J connectivity index is 1.61. The van der Waals surface area contributed by atoms with Crippen LogP contribution in [0.25, 0.3) is 0 Å². The van der Waals surface area contributed by atoms with Crippen LogP contribution in [0.1, 0.15) is 12.8 Å². The number of carbonyl (C=O) groups excluding carboxylic acids is 1. The summed E-state index contributed by atoms with van der Waals surface area (Å²) in [4.78, 5) is 11.7. The Kier molecular flexibility index (Phi) is 3.69. The molecule has 3 atom stereocenters. The SMILES string of the molecule is O=C1OC(C[Se]c2ccccc2)[C@H]2OCCC[C@@H]12. The van der Waals surface area contributed by atoms with E-state index < -0.39 is 0 Å². The third-order valence-electron chi connectivity index (χ3n) is 3.46. The Hall–Kier alpha value is -0.831. The van der Waals surface area contributed by atoms with Gasteiger partial charge in [0, 0.05) is 0 Å².